The van der Waals surface area contributed by atoms with Crippen LogP contribution in [0.5, 0.6) is 0 Å². The van der Waals surface area contributed by atoms with E-state index in [1.165, 1.54) is 31.2 Å². The van der Waals surface area contributed by atoms with E-state index in [0.717, 1.165) is 49.2 Å². The number of aromatic nitrogens is 3. The van der Waals surface area contributed by atoms with Gasteiger partial charge in [-0.1, -0.05) is 12.8 Å². The van der Waals surface area contributed by atoms with E-state index < -0.39 is 0 Å². The third-order valence-corrected chi connectivity index (χ3v) is 5.66. The summed E-state index contributed by atoms with van der Waals surface area (Å²) in [7, 11) is 0. The van der Waals surface area contributed by atoms with Crippen molar-refractivity contribution in [2.75, 3.05) is 13.2 Å². The van der Waals surface area contributed by atoms with E-state index in [2.05, 4.69) is 10.3 Å². The molecule has 2 aromatic heterocycles. The van der Waals surface area contributed by atoms with Crippen LogP contribution in [-0.4, -0.2) is 39.9 Å². The third kappa shape index (κ3) is 3.76. The van der Waals surface area contributed by atoms with Gasteiger partial charge in [0.1, 0.15) is 5.69 Å². The van der Waals surface area contributed by atoms with Crippen molar-refractivity contribution >= 4 is 5.97 Å². The van der Waals surface area contributed by atoms with Gasteiger partial charge < -0.3 is 10.1 Å². The number of hydrogen-bond donors (Lipinski definition) is 1. The highest BCUT2D eigenvalue weighted by molar-refractivity contribution is 5.92. The molecule has 0 aromatic carbocycles. The first-order chi connectivity index (χ1) is 13.3. The molecule has 2 aromatic rings. The normalized spacial score (nSPS) is 16.2. The van der Waals surface area contributed by atoms with Crippen molar-refractivity contribution in [2.24, 2.45) is 0 Å². The number of carbonyl (C=O) groups excluding carboxylic acids is 1. The van der Waals surface area contributed by atoms with Gasteiger partial charge in [-0.3, -0.25) is 9.67 Å². The van der Waals surface area contributed by atoms with Crippen molar-refractivity contribution in [1.29, 1.82) is 0 Å². The van der Waals surface area contributed by atoms with Crippen LogP contribution in [0, 0.1) is 0 Å². The molecule has 4 rings (SSSR count). The fraction of sp³-hybridized carbons (Fsp3) is 0.571. The van der Waals surface area contributed by atoms with Crippen LogP contribution in [0.15, 0.2) is 18.5 Å². The topological polar surface area (TPSA) is 69.0 Å². The van der Waals surface area contributed by atoms with E-state index in [-0.39, 0.29) is 5.97 Å². The van der Waals surface area contributed by atoms with Crippen LogP contribution in [-0.2, 0) is 24.1 Å². The molecule has 0 bridgehead atoms. The van der Waals surface area contributed by atoms with Gasteiger partial charge in [-0.15, -0.1) is 0 Å². The highest BCUT2D eigenvalue weighted by Crippen LogP contribution is 2.34. The number of pyridine rings is 1. The predicted octanol–water partition coefficient (Wildman–Crippen LogP) is 3.14. The SMILES string of the molecule is CCOC(=O)c1c2c(nn1CCCNC1CCCC1)-c1ccncc1CC2. The fourth-order valence-electron chi connectivity index (χ4n) is 4.32. The van der Waals surface area contributed by atoms with Crippen molar-refractivity contribution in [3.63, 3.8) is 0 Å². The third-order valence-electron chi connectivity index (χ3n) is 5.66. The second-order valence-electron chi connectivity index (χ2n) is 7.44. The van der Waals surface area contributed by atoms with Gasteiger partial charge in [-0.05, 0) is 57.2 Å². The lowest BCUT2D eigenvalue weighted by Gasteiger charge is -2.15. The lowest BCUT2D eigenvalue weighted by atomic mass is 9.90. The van der Waals surface area contributed by atoms with Crippen molar-refractivity contribution in [3.05, 3.63) is 35.3 Å². The summed E-state index contributed by atoms with van der Waals surface area (Å²) in [6.45, 7) is 3.90. The predicted molar refractivity (Wildman–Crippen MR) is 104 cm³/mol. The molecule has 0 atom stereocenters. The van der Waals surface area contributed by atoms with E-state index in [1.807, 2.05) is 23.9 Å². The molecule has 0 amide bonds. The van der Waals surface area contributed by atoms with Gasteiger partial charge >= 0.3 is 5.97 Å². The zero-order chi connectivity index (χ0) is 18.6. The Morgan fingerprint density at radius 1 is 1.33 bits per heavy atom. The molecule has 1 fully saturated rings. The van der Waals surface area contributed by atoms with Crippen LogP contribution in [0.2, 0.25) is 0 Å². The van der Waals surface area contributed by atoms with E-state index in [0.29, 0.717) is 18.3 Å². The molecule has 144 valence electrons. The average molecular weight is 368 g/mol. The summed E-state index contributed by atoms with van der Waals surface area (Å²) in [6.07, 6.45) is 11.6. The van der Waals surface area contributed by atoms with Crippen molar-refractivity contribution in [2.45, 2.75) is 64.5 Å². The molecule has 27 heavy (non-hydrogen) atoms. The maximum atomic E-state index is 12.6. The van der Waals surface area contributed by atoms with Crippen LogP contribution in [0.1, 0.15) is 60.6 Å². The lowest BCUT2D eigenvalue weighted by Crippen LogP contribution is -2.28. The maximum Gasteiger partial charge on any atom is 0.356 e. The first kappa shape index (κ1) is 18.2. The Hall–Kier alpha value is -2.21. The molecule has 0 aliphatic heterocycles. The van der Waals surface area contributed by atoms with Gasteiger partial charge in [0.05, 0.1) is 12.3 Å². The molecule has 1 N–H and O–H groups in total. The van der Waals surface area contributed by atoms with Gasteiger partial charge in [-0.2, -0.15) is 5.10 Å². The molecule has 2 heterocycles. The quantitative estimate of drug-likeness (QED) is 0.601. The number of rotatable bonds is 7. The molecular formula is C21H28N4O2. The Morgan fingerprint density at radius 2 is 2.19 bits per heavy atom. The van der Waals surface area contributed by atoms with E-state index in [1.54, 1.807) is 6.20 Å². The smallest absolute Gasteiger partial charge is 0.356 e. The Bertz CT molecular complexity index is 809. The van der Waals surface area contributed by atoms with Gasteiger partial charge in [0, 0.05) is 36.1 Å². The zero-order valence-electron chi connectivity index (χ0n) is 16.0. The Balaban J connectivity index is 1.55. The number of esters is 1. The summed E-state index contributed by atoms with van der Waals surface area (Å²) in [5.74, 6) is -0.257. The van der Waals surface area contributed by atoms with Crippen LogP contribution < -0.4 is 5.32 Å². The number of carbonyl (C=O) groups is 1. The maximum absolute atomic E-state index is 12.6. The Kier molecular flexibility index (Phi) is 5.53. The molecule has 0 saturated heterocycles. The molecule has 0 unspecified atom stereocenters. The lowest BCUT2D eigenvalue weighted by molar-refractivity contribution is 0.0510. The monoisotopic (exact) mass is 368 g/mol. The van der Waals surface area contributed by atoms with Gasteiger partial charge in [0.15, 0.2) is 0 Å². The average Bonchev–Trinajstić information content (AvgIpc) is 3.33. The molecule has 6 nitrogen and oxygen atoms in total. The van der Waals surface area contributed by atoms with E-state index in [4.69, 9.17) is 9.84 Å². The molecule has 0 spiro atoms. The number of fused-ring (bicyclic) bond motifs is 3. The summed E-state index contributed by atoms with van der Waals surface area (Å²) in [4.78, 5) is 16.9. The van der Waals surface area contributed by atoms with Gasteiger partial charge in [0.2, 0.25) is 0 Å². The van der Waals surface area contributed by atoms with E-state index >= 15 is 0 Å². The van der Waals surface area contributed by atoms with Crippen LogP contribution in [0.3, 0.4) is 0 Å². The first-order valence-corrected chi connectivity index (χ1v) is 10.2. The Morgan fingerprint density at radius 3 is 3.00 bits per heavy atom. The highest BCUT2D eigenvalue weighted by atomic mass is 16.5. The van der Waals surface area contributed by atoms with Crippen molar-refractivity contribution in [3.8, 4) is 11.3 Å². The second kappa shape index (κ2) is 8.21. The van der Waals surface area contributed by atoms with Gasteiger partial charge in [0.25, 0.3) is 0 Å². The molecular weight excluding hydrogens is 340 g/mol. The molecule has 1 saturated carbocycles. The zero-order valence-corrected chi connectivity index (χ0v) is 16.0. The number of ether oxygens (including phenoxy) is 1. The Labute approximate surface area is 160 Å². The number of aryl methyl sites for hydroxylation is 2. The highest BCUT2D eigenvalue weighted by Gasteiger charge is 2.29. The molecule has 0 radical (unpaired) electrons. The first-order valence-electron chi connectivity index (χ1n) is 10.2. The second-order valence-corrected chi connectivity index (χ2v) is 7.44. The van der Waals surface area contributed by atoms with Crippen LogP contribution in [0.4, 0.5) is 0 Å². The number of nitrogens with one attached hydrogen (secondary N) is 1. The fourth-order valence-corrected chi connectivity index (χ4v) is 4.32. The number of hydrogen-bond acceptors (Lipinski definition) is 5. The summed E-state index contributed by atoms with van der Waals surface area (Å²) >= 11 is 0. The summed E-state index contributed by atoms with van der Waals surface area (Å²) in [5, 5.41) is 8.46. The van der Waals surface area contributed by atoms with Gasteiger partial charge in [-0.25, -0.2) is 4.79 Å². The minimum absolute atomic E-state index is 0.257. The summed E-state index contributed by atoms with van der Waals surface area (Å²) in [5.41, 5.74) is 4.88. The minimum atomic E-state index is -0.257. The minimum Gasteiger partial charge on any atom is -0.461 e. The summed E-state index contributed by atoms with van der Waals surface area (Å²) < 4.78 is 7.21. The molecule has 2 aliphatic rings. The molecule has 2 aliphatic carbocycles. The largest absolute Gasteiger partial charge is 0.461 e. The van der Waals surface area contributed by atoms with Crippen molar-refractivity contribution < 1.29 is 9.53 Å². The summed E-state index contributed by atoms with van der Waals surface area (Å²) in [6, 6.07) is 2.67. The number of nitrogens with zero attached hydrogens (tertiary/aromatic N) is 3. The molecule has 6 heteroatoms. The van der Waals surface area contributed by atoms with E-state index in [9.17, 15) is 4.79 Å². The van der Waals surface area contributed by atoms with Crippen LogP contribution in [0.25, 0.3) is 11.3 Å². The van der Waals surface area contributed by atoms with Crippen molar-refractivity contribution in [1.82, 2.24) is 20.1 Å². The standard InChI is InChI=1S/C21H28N4O2/c1-2-27-21(26)20-18-9-8-15-14-22-12-10-17(15)19(18)24-25(20)13-5-11-23-16-6-3-4-7-16/h10,12,14,16,23H,2-9,11,13H2,1H3. The van der Waals surface area contributed by atoms with Crippen LogP contribution >= 0.6 is 0 Å².